The summed E-state index contributed by atoms with van der Waals surface area (Å²) < 4.78 is 5.78. The third-order valence-electron chi connectivity index (χ3n) is 4.59. The van der Waals surface area contributed by atoms with Gasteiger partial charge in [-0.1, -0.05) is 36.4 Å². The van der Waals surface area contributed by atoms with Crippen molar-refractivity contribution in [3.8, 4) is 5.88 Å². The van der Waals surface area contributed by atoms with E-state index in [9.17, 15) is 9.90 Å². The maximum Gasteiger partial charge on any atom is 0.260 e. The highest BCUT2D eigenvalue weighted by Crippen LogP contribution is 2.22. The summed E-state index contributed by atoms with van der Waals surface area (Å²) in [6.07, 6.45) is 1.57. The molecule has 0 unspecified atom stereocenters. The summed E-state index contributed by atoms with van der Waals surface area (Å²) in [5.74, 6) is 0.0858. The van der Waals surface area contributed by atoms with E-state index in [1.807, 2.05) is 48.5 Å². The summed E-state index contributed by atoms with van der Waals surface area (Å²) in [6.45, 7) is 0. The number of rotatable bonds is 2. The number of hydrogen-bond donors (Lipinski definition) is 3. The number of para-hydroxylation sites is 2. The fraction of sp³-hybridized carbons (Fsp3) is 0. The topological polar surface area (TPSA) is 106 Å². The van der Waals surface area contributed by atoms with Gasteiger partial charge in [0.2, 0.25) is 5.88 Å². The number of pyridine rings is 1. The molecule has 0 radical (unpaired) electrons. The van der Waals surface area contributed by atoms with Crippen LogP contribution in [0.3, 0.4) is 0 Å². The molecule has 7 nitrogen and oxygen atoms in total. The Morgan fingerprint density at radius 1 is 1.11 bits per heavy atom. The monoisotopic (exact) mass is 370 g/mol. The Kier molecular flexibility index (Phi) is 3.42. The highest BCUT2D eigenvalue weighted by molar-refractivity contribution is 6.10. The predicted octanol–water partition coefficient (Wildman–Crippen LogP) is 2.04. The normalized spacial score (nSPS) is 13.8. The van der Waals surface area contributed by atoms with Crippen LogP contribution in [0.15, 0.2) is 75.0 Å². The van der Waals surface area contributed by atoms with E-state index in [0.717, 1.165) is 5.39 Å². The molecule has 3 heterocycles. The first kappa shape index (κ1) is 16.1. The van der Waals surface area contributed by atoms with Crippen molar-refractivity contribution in [3.05, 3.63) is 92.9 Å². The molecule has 0 saturated carbocycles. The molecule has 2 aromatic carbocycles. The molecule has 0 atom stereocenters. The minimum Gasteiger partial charge on any atom is -0.494 e. The number of nitrogens with zero attached hydrogens (tertiary/aromatic N) is 2. The minimum absolute atomic E-state index is 0.0193. The lowest BCUT2D eigenvalue weighted by molar-refractivity contribution is 0.449. The average molecular weight is 370 g/mol. The van der Waals surface area contributed by atoms with Gasteiger partial charge < -0.3 is 9.52 Å². The maximum absolute atomic E-state index is 12.5. The van der Waals surface area contributed by atoms with E-state index in [-0.39, 0.29) is 27.9 Å². The van der Waals surface area contributed by atoms with E-state index in [1.54, 1.807) is 18.2 Å². The van der Waals surface area contributed by atoms with Crippen molar-refractivity contribution in [2.24, 2.45) is 5.10 Å². The molecule has 2 aromatic heterocycles. The molecule has 0 bridgehead atoms. The van der Waals surface area contributed by atoms with E-state index in [1.165, 1.54) is 5.01 Å². The summed E-state index contributed by atoms with van der Waals surface area (Å²) in [7, 11) is 0. The molecule has 1 aliphatic rings. The van der Waals surface area contributed by atoms with Gasteiger partial charge in [0.05, 0.1) is 10.9 Å². The quantitative estimate of drug-likeness (QED) is 0.502. The van der Waals surface area contributed by atoms with Crippen LogP contribution in [0.4, 0.5) is 5.69 Å². The minimum atomic E-state index is -0.511. The van der Waals surface area contributed by atoms with Crippen molar-refractivity contribution < 1.29 is 9.52 Å². The zero-order chi connectivity index (χ0) is 19.3. The van der Waals surface area contributed by atoms with Gasteiger partial charge in [-0.2, -0.15) is 5.10 Å². The van der Waals surface area contributed by atoms with Gasteiger partial charge in [0.1, 0.15) is 22.3 Å². The summed E-state index contributed by atoms with van der Waals surface area (Å²) >= 11 is 0. The second-order valence-corrected chi connectivity index (χ2v) is 6.37. The van der Waals surface area contributed by atoms with E-state index in [2.05, 4.69) is 10.1 Å². The Labute approximate surface area is 158 Å². The molecule has 5 rings (SSSR count). The number of hydrogen-bond acceptors (Lipinski definition) is 5. The zero-order valence-corrected chi connectivity index (χ0v) is 14.5. The number of H-pyrrole nitrogens is 1. The van der Waals surface area contributed by atoms with Crippen LogP contribution in [0.1, 0.15) is 11.3 Å². The van der Waals surface area contributed by atoms with Crippen LogP contribution in [0.2, 0.25) is 0 Å². The predicted molar refractivity (Wildman–Crippen MR) is 105 cm³/mol. The molecule has 1 aliphatic heterocycles. The molecule has 3 N–H and O–H groups in total. The van der Waals surface area contributed by atoms with Gasteiger partial charge in [0, 0.05) is 5.39 Å². The zero-order valence-electron chi connectivity index (χ0n) is 14.5. The van der Waals surface area contributed by atoms with Crippen molar-refractivity contribution in [1.82, 2.24) is 4.98 Å². The lowest BCUT2D eigenvalue weighted by Crippen LogP contribution is -2.42. The first-order valence-corrected chi connectivity index (χ1v) is 8.60. The lowest BCUT2D eigenvalue weighted by atomic mass is 10.2. The SMILES string of the molecule is N=C1c2c(O)[nH]c(=O)/c(=C/c3cc4ccccc4o3)c2=NN1c1ccccc1. The van der Waals surface area contributed by atoms with E-state index in [0.29, 0.717) is 17.0 Å². The number of aromatic nitrogens is 1. The lowest BCUT2D eigenvalue weighted by Gasteiger charge is -2.13. The largest absolute Gasteiger partial charge is 0.494 e. The number of aromatic hydroxyl groups is 1. The Morgan fingerprint density at radius 3 is 2.64 bits per heavy atom. The van der Waals surface area contributed by atoms with Gasteiger partial charge in [-0.05, 0) is 30.3 Å². The smallest absolute Gasteiger partial charge is 0.260 e. The third kappa shape index (κ3) is 2.41. The van der Waals surface area contributed by atoms with Crippen LogP contribution in [-0.2, 0) is 0 Å². The second-order valence-electron chi connectivity index (χ2n) is 6.37. The molecule has 136 valence electrons. The Balaban J connectivity index is 1.77. The Hall–Kier alpha value is -4.13. The third-order valence-corrected chi connectivity index (χ3v) is 4.59. The van der Waals surface area contributed by atoms with Crippen LogP contribution in [0.25, 0.3) is 17.0 Å². The van der Waals surface area contributed by atoms with Gasteiger partial charge in [-0.3, -0.25) is 15.2 Å². The van der Waals surface area contributed by atoms with Crippen LogP contribution in [0, 0.1) is 5.41 Å². The number of fused-ring (bicyclic) bond motifs is 2. The number of furan rings is 1. The van der Waals surface area contributed by atoms with Gasteiger partial charge in [-0.15, -0.1) is 0 Å². The van der Waals surface area contributed by atoms with E-state index in [4.69, 9.17) is 9.83 Å². The molecule has 7 heteroatoms. The number of amidine groups is 1. The maximum atomic E-state index is 12.5. The summed E-state index contributed by atoms with van der Waals surface area (Å²) in [5.41, 5.74) is 1.02. The fourth-order valence-electron chi connectivity index (χ4n) is 3.28. The first-order valence-electron chi connectivity index (χ1n) is 8.60. The molecular weight excluding hydrogens is 356 g/mol. The van der Waals surface area contributed by atoms with E-state index < -0.39 is 5.56 Å². The average Bonchev–Trinajstić information content (AvgIpc) is 3.26. The number of nitrogens with one attached hydrogen (secondary N) is 2. The molecule has 0 spiro atoms. The molecule has 4 aromatic rings. The van der Waals surface area contributed by atoms with Crippen molar-refractivity contribution >= 4 is 28.6 Å². The number of anilines is 1. The molecule has 0 saturated heterocycles. The van der Waals surface area contributed by atoms with Crippen molar-refractivity contribution in [2.45, 2.75) is 0 Å². The van der Waals surface area contributed by atoms with Gasteiger partial charge in [0.25, 0.3) is 5.56 Å². The van der Waals surface area contributed by atoms with Gasteiger partial charge >= 0.3 is 0 Å². The van der Waals surface area contributed by atoms with Crippen molar-refractivity contribution in [1.29, 1.82) is 5.41 Å². The standard InChI is InChI=1S/C21H14N4O3/c22-19-17-18(24-25(19)13-7-2-1-3-8-13)15(20(26)23-21(17)27)11-14-10-12-6-4-5-9-16(12)28-14/h1-11,22,27H,(H,23,26)/b15-11+,22-19?. The van der Waals surface area contributed by atoms with Gasteiger partial charge in [0.15, 0.2) is 5.84 Å². The summed E-state index contributed by atoms with van der Waals surface area (Å²) in [4.78, 5) is 14.9. The van der Waals surface area contributed by atoms with Crippen LogP contribution in [0.5, 0.6) is 5.88 Å². The van der Waals surface area contributed by atoms with Crippen LogP contribution in [-0.4, -0.2) is 15.9 Å². The second kappa shape index (κ2) is 5.95. The molecular formula is C21H14N4O3. The highest BCUT2D eigenvalue weighted by Gasteiger charge is 2.26. The van der Waals surface area contributed by atoms with Crippen molar-refractivity contribution in [3.63, 3.8) is 0 Å². The number of aromatic amines is 1. The highest BCUT2D eigenvalue weighted by atomic mass is 16.3. The first-order chi connectivity index (χ1) is 13.6. The molecule has 28 heavy (non-hydrogen) atoms. The summed E-state index contributed by atoms with van der Waals surface area (Å²) in [6, 6.07) is 18.5. The fourth-order valence-corrected chi connectivity index (χ4v) is 3.28. The molecule has 0 aliphatic carbocycles. The Morgan fingerprint density at radius 2 is 1.86 bits per heavy atom. The van der Waals surface area contributed by atoms with Gasteiger partial charge in [-0.25, -0.2) is 5.01 Å². The Bertz CT molecular complexity index is 1380. The van der Waals surface area contributed by atoms with Crippen LogP contribution < -0.4 is 21.1 Å². The number of benzene rings is 2. The summed E-state index contributed by atoms with van der Waals surface area (Å²) in [5, 5.41) is 25.8. The van der Waals surface area contributed by atoms with Crippen molar-refractivity contribution in [2.75, 3.05) is 5.01 Å². The molecule has 0 amide bonds. The van der Waals surface area contributed by atoms with E-state index >= 15 is 0 Å². The van der Waals surface area contributed by atoms with Crippen LogP contribution >= 0.6 is 0 Å². The molecule has 0 fully saturated rings.